The highest BCUT2D eigenvalue weighted by Crippen LogP contribution is 2.46. The number of ether oxygens (including phenoxy) is 1. The zero-order valence-electron chi connectivity index (χ0n) is 12.4. The fraction of sp³-hybridized carbons (Fsp3) is 0.786. The zero-order chi connectivity index (χ0) is 14.6. The Hall–Kier alpha value is -0.620. The molecule has 1 unspecified atom stereocenters. The van der Waals surface area contributed by atoms with Gasteiger partial charge in [0.15, 0.2) is 0 Å². The van der Waals surface area contributed by atoms with Gasteiger partial charge in [0.2, 0.25) is 0 Å². The van der Waals surface area contributed by atoms with Crippen molar-refractivity contribution in [3.05, 3.63) is 16.9 Å². The number of nitrogens with one attached hydrogen (secondary N) is 1. The van der Waals surface area contributed by atoms with E-state index < -0.39 is 0 Å². The molecule has 6 heteroatoms. The molecule has 0 aromatic carbocycles. The normalized spacial score (nSPS) is 20.0. The number of hydrogen-bond acceptors (Lipinski definition) is 4. The van der Waals surface area contributed by atoms with Gasteiger partial charge >= 0.3 is 0 Å². The van der Waals surface area contributed by atoms with Crippen LogP contribution >= 0.6 is 11.6 Å². The summed E-state index contributed by atoms with van der Waals surface area (Å²) in [6.45, 7) is 3.59. The minimum atomic E-state index is 0.0228. The largest absolute Gasteiger partial charge is 0.383 e. The maximum absolute atomic E-state index is 6.36. The van der Waals surface area contributed by atoms with Crippen molar-refractivity contribution in [3.8, 4) is 0 Å². The highest BCUT2D eigenvalue weighted by Gasteiger charge is 2.38. The highest BCUT2D eigenvalue weighted by atomic mass is 35.5. The molecule has 0 aliphatic heterocycles. The summed E-state index contributed by atoms with van der Waals surface area (Å²) in [5, 5.41) is 5.03. The van der Waals surface area contributed by atoms with Crippen LogP contribution in [0.2, 0.25) is 5.02 Å². The number of halogens is 1. The second-order valence-electron chi connectivity index (χ2n) is 5.91. The molecule has 0 spiro atoms. The van der Waals surface area contributed by atoms with Crippen molar-refractivity contribution >= 4 is 11.6 Å². The van der Waals surface area contributed by atoms with Crippen molar-refractivity contribution in [2.24, 2.45) is 11.3 Å². The van der Waals surface area contributed by atoms with Crippen LogP contribution in [0, 0.1) is 5.41 Å². The predicted octanol–water partition coefficient (Wildman–Crippen LogP) is 2.66. The van der Waals surface area contributed by atoms with Crippen LogP contribution in [0.15, 0.2) is 6.20 Å². The summed E-state index contributed by atoms with van der Waals surface area (Å²) in [4.78, 5) is 0. The Morgan fingerprint density at radius 1 is 1.50 bits per heavy atom. The molecule has 0 amide bonds. The number of nitrogens with two attached hydrogens (primary N) is 1. The maximum Gasteiger partial charge on any atom is 0.0834 e. The molecule has 0 saturated heterocycles. The van der Waals surface area contributed by atoms with E-state index in [1.165, 1.54) is 19.3 Å². The molecule has 20 heavy (non-hydrogen) atoms. The second-order valence-corrected chi connectivity index (χ2v) is 6.32. The maximum atomic E-state index is 6.36. The molecule has 2 rings (SSSR count). The van der Waals surface area contributed by atoms with E-state index in [0.29, 0.717) is 18.2 Å². The Kier molecular flexibility index (Phi) is 5.43. The number of hydrogen-bond donors (Lipinski definition) is 2. The Morgan fingerprint density at radius 2 is 2.20 bits per heavy atom. The fourth-order valence-corrected chi connectivity index (χ4v) is 3.52. The van der Waals surface area contributed by atoms with Gasteiger partial charge in [-0.25, -0.2) is 0 Å². The lowest BCUT2D eigenvalue weighted by atomic mass is 9.70. The molecule has 114 valence electrons. The molecule has 1 aliphatic rings. The minimum Gasteiger partial charge on any atom is -0.383 e. The molecule has 1 aromatic rings. The Bertz CT molecular complexity index is 429. The van der Waals surface area contributed by atoms with E-state index in [0.717, 1.165) is 18.5 Å². The van der Waals surface area contributed by atoms with E-state index in [1.807, 2.05) is 4.68 Å². The number of methoxy groups -OCH3 is 1. The van der Waals surface area contributed by atoms with Crippen LogP contribution in [0.1, 0.15) is 50.8 Å². The van der Waals surface area contributed by atoms with Crippen molar-refractivity contribution in [2.75, 3.05) is 13.7 Å². The smallest absolute Gasteiger partial charge is 0.0834 e. The topological polar surface area (TPSA) is 65.1 Å². The van der Waals surface area contributed by atoms with E-state index in [2.05, 4.69) is 17.4 Å². The number of hydrazine groups is 1. The summed E-state index contributed by atoms with van der Waals surface area (Å²) in [6.07, 6.45) is 7.82. The van der Waals surface area contributed by atoms with Crippen LogP contribution < -0.4 is 11.3 Å². The van der Waals surface area contributed by atoms with E-state index in [4.69, 9.17) is 22.2 Å². The van der Waals surface area contributed by atoms with E-state index in [9.17, 15) is 0 Å². The van der Waals surface area contributed by atoms with E-state index in [-0.39, 0.29) is 11.5 Å². The van der Waals surface area contributed by atoms with Gasteiger partial charge in [-0.15, -0.1) is 0 Å². The molecule has 1 aliphatic carbocycles. The molecule has 1 fully saturated rings. The van der Waals surface area contributed by atoms with Crippen molar-refractivity contribution in [2.45, 2.75) is 51.6 Å². The predicted molar refractivity (Wildman–Crippen MR) is 80.4 cm³/mol. The lowest BCUT2D eigenvalue weighted by Gasteiger charge is -2.40. The summed E-state index contributed by atoms with van der Waals surface area (Å²) in [6, 6.07) is 0.0228. The molecule has 5 nitrogen and oxygen atoms in total. The first kappa shape index (κ1) is 15.8. The number of rotatable bonds is 6. The summed E-state index contributed by atoms with van der Waals surface area (Å²) in [5.74, 6) is 5.87. The average Bonchev–Trinajstić information content (AvgIpc) is 2.80. The lowest BCUT2D eigenvalue weighted by molar-refractivity contribution is 0.134. The SMILES string of the molecule is COCCn1ncc(Cl)c1C(NN)C1(C)CCCCC1. The first-order valence-corrected chi connectivity index (χ1v) is 7.66. The standard InChI is InChI=1S/C14H25ClN4O/c1-14(6-4-3-5-7-14)13(18-16)12-11(15)10-17-19(12)8-9-20-2/h10,13,18H,3-9,16H2,1-2H3. The van der Waals surface area contributed by atoms with Crippen LogP contribution in [0.25, 0.3) is 0 Å². The van der Waals surface area contributed by atoms with Crippen LogP contribution in [0.3, 0.4) is 0 Å². The number of nitrogens with zero attached hydrogens (tertiary/aromatic N) is 2. The van der Waals surface area contributed by atoms with Crippen LogP contribution in [-0.4, -0.2) is 23.5 Å². The van der Waals surface area contributed by atoms with Gasteiger partial charge in [-0.3, -0.25) is 16.0 Å². The summed E-state index contributed by atoms with van der Waals surface area (Å²) in [7, 11) is 1.69. The minimum absolute atomic E-state index is 0.0228. The van der Waals surface area contributed by atoms with Gasteiger partial charge in [0.1, 0.15) is 0 Å². The van der Waals surface area contributed by atoms with E-state index >= 15 is 0 Å². The van der Waals surface area contributed by atoms with Gasteiger partial charge in [0.25, 0.3) is 0 Å². The summed E-state index contributed by atoms with van der Waals surface area (Å²) >= 11 is 6.36. The van der Waals surface area contributed by atoms with Crippen LogP contribution in [0.5, 0.6) is 0 Å². The molecule has 1 heterocycles. The molecule has 1 saturated carbocycles. The Labute approximate surface area is 125 Å². The second kappa shape index (κ2) is 6.89. The quantitative estimate of drug-likeness (QED) is 0.626. The van der Waals surface area contributed by atoms with Gasteiger partial charge in [-0.05, 0) is 18.3 Å². The number of aromatic nitrogens is 2. The summed E-state index contributed by atoms with van der Waals surface area (Å²) in [5.41, 5.74) is 4.09. The van der Waals surface area contributed by atoms with Crippen LogP contribution in [-0.2, 0) is 11.3 Å². The first-order chi connectivity index (χ1) is 9.62. The van der Waals surface area contributed by atoms with Gasteiger partial charge in [0, 0.05) is 7.11 Å². The molecule has 3 N–H and O–H groups in total. The third-order valence-electron chi connectivity index (χ3n) is 4.47. The average molecular weight is 301 g/mol. The molecule has 1 atom stereocenters. The summed E-state index contributed by atoms with van der Waals surface area (Å²) < 4.78 is 7.05. The van der Waals surface area contributed by atoms with E-state index in [1.54, 1.807) is 13.3 Å². The third-order valence-corrected chi connectivity index (χ3v) is 4.76. The lowest BCUT2D eigenvalue weighted by Crippen LogP contribution is -2.42. The van der Waals surface area contributed by atoms with Gasteiger partial charge < -0.3 is 4.74 Å². The Balaban J connectivity index is 2.28. The Morgan fingerprint density at radius 3 is 2.80 bits per heavy atom. The van der Waals surface area contributed by atoms with Gasteiger partial charge in [-0.2, -0.15) is 5.10 Å². The van der Waals surface area contributed by atoms with Crippen molar-refractivity contribution in [1.82, 2.24) is 15.2 Å². The molecule has 0 bridgehead atoms. The first-order valence-electron chi connectivity index (χ1n) is 7.28. The molecule has 0 radical (unpaired) electrons. The molecular formula is C14H25ClN4O. The fourth-order valence-electron chi connectivity index (χ4n) is 3.27. The monoisotopic (exact) mass is 300 g/mol. The van der Waals surface area contributed by atoms with Crippen molar-refractivity contribution in [3.63, 3.8) is 0 Å². The molecule has 1 aromatic heterocycles. The van der Waals surface area contributed by atoms with Crippen LogP contribution in [0.4, 0.5) is 0 Å². The zero-order valence-corrected chi connectivity index (χ0v) is 13.1. The highest BCUT2D eigenvalue weighted by molar-refractivity contribution is 6.31. The van der Waals surface area contributed by atoms with Gasteiger partial charge in [-0.1, -0.05) is 37.8 Å². The van der Waals surface area contributed by atoms with Gasteiger partial charge in [0.05, 0.1) is 36.1 Å². The van der Waals surface area contributed by atoms with Crippen molar-refractivity contribution < 1.29 is 4.74 Å². The molecular weight excluding hydrogens is 276 g/mol. The van der Waals surface area contributed by atoms with Crippen molar-refractivity contribution in [1.29, 1.82) is 0 Å². The third kappa shape index (κ3) is 3.17.